The van der Waals surface area contributed by atoms with Crippen molar-refractivity contribution in [3.63, 3.8) is 0 Å². The maximum atomic E-state index is 5.60. The summed E-state index contributed by atoms with van der Waals surface area (Å²) in [6, 6.07) is 0.389. The molecule has 3 heteroatoms. The Morgan fingerprint density at radius 2 is 1.33 bits per heavy atom. The van der Waals surface area contributed by atoms with E-state index in [1.54, 1.807) is 0 Å². The highest BCUT2D eigenvalue weighted by atomic mass is 35.5. The summed E-state index contributed by atoms with van der Waals surface area (Å²) in [7, 11) is 0. The fourth-order valence-corrected chi connectivity index (χ4v) is 0.856. The average molecular weight is 149 g/mol. The van der Waals surface area contributed by atoms with Gasteiger partial charge in [0.15, 0.2) is 0 Å². The van der Waals surface area contributed by atoms with Gasteiger partial charge in [0, 0.05) is 12.1 Å². The third kappa shape index (κ3) is 2.35. The Balaban J connectivity index is 0.000000640. The lowest BCUT2D eigenvalue weighted by atomic mass is 9.98. The van der Waals surface area contributed by atoms with Crippen molar-refractivity contribution < 1.29 is 0 Å². The van der Waals surface area contributed by atoms with Gasteiger partial charge < -0.3 is 11.5 Å². The first-order chi connectivity index (χ1) is 3.80. The number of hydrogen-bond acceptors (Lipinski definition) is 2. The SMILES string of the molecule is Cl.N[C@@H]1CC=CC[C@H]1N. The first kappa shape index (κ1) is 8.95. The average Bonchev–Trinajstić information content (AvgIpc) is 1.77. The zero-order chi connectivity index (χ0) is 5.98. The zero-order valence-electron chi connectivity index (χ0n) is 5.29. The first-order valence-corrected chi connectivity index (χ1v) is 2.97. The fourth-order valence-electron chi connectivity index (χ4n) is 0.856. The van der Waals surface area contributed by atoms with Gasteiger partial charge in [-0.1, -0.05) is 12.2 Å². The molecule has 4 N–H and O–H groups in total. The van der Waals surface area contributed by atoms with Crippen molar-refractivity contribution in [3.8, 4) is 0 Å². The lowest BCUT2D eigenvalue weighted by Gasteiger charge is -2.19. The van der Waals surface area contributed by atoms with Crippen LogP contribution in [0, 0.1) is 0 Å². The Labute approximate surface area is 61.7 Å². The molecule has 0 fully saturated rings. The predicted molar refractivity (Wildman–Crippen MR) is 41.6 cm³/mol. The summed E-state index contributed by atoms with van der Waals surface area (Å²) >= 11 is 0. The van der Waals surface area contributed by atoms with Gasteiger partial charge in [-0.05, 0) is 12.8 Å². The molecule has 9 heavy (non-hydrogen) atoms. The topological polar surface area (TPSA) is 52.0 Å². The van der Waals surface area contributed by atoms with E-state index in [2.05, 4.69) is 12.2 Å². The molecule has 2 nitrogen and oxygen atoms in total. The van der Waals surface area contributed by atoms with Gasteiger partial charge in [-0.2, -0.15) is 0 Å². The molecule has 0 aromatic carbocycles. The number of rotatable bonds is 0. The van der Waals surface area contributed by atoms with Crippen molar-refractivity contribution in [2.24, 2.45) is 11.5 Å². The number of hydrogen-bond donors (Lipinski definition) is 2. The summed E-state index contributed by atoms with van der Waals surface area (Å²) in [5, 5.41) is 0. The summed E-state index contributed by atoms with van der Waals surface area (Å²) in [6.07, 6.45) is 6.07. The van der Waals surface area contributed by atoms with Gasteiger partial charge in [0.2, 0.25) is 0 Å². The van der Waals surface area contributed by atoms with Crippen LogP contribution in [-0.2, 0) is 0 Å². The smallest absolute Gasteiger partial charge is 0.0230 e. The Morgan fingerprint density at radius 3 is 1.56 bits per heavy atom. The molecule has 0 heterocycles. The summed E-state index contributed by atoms with van der Waals surface area (Å²) in [5.41, 5.74) is 11.2. The molecular weight excluding hydrogens is 136 g/mol. The predicted octanol–water partition coefficient (Wildman–Crippen LogP) is 0.413. The molecule has 0 spiro atoms. The molecule has 0 unspecified atom stereocenters. The van der Waals surface area contributed by atoms with Crippen LogP contribution in [0.15, 0.2) is 12.2 Å². The van der Waals surface area contributed by atoms with Crippen LogP contribution >= 0.6 is 12.4 Å². The Hall–Kier alpha value is -0.0500. The molecule has 1 aliphatic rings. The molecule has 0 aliphatic heterocycles. The van der Waals surface area contributed by atoms with E-state index >= 15 is 0 Å². The zero-order valence-corrected chi connectivity index (χ0v) is 6.10. The van der Waals surface area contributed by atoms with Crippen LogP contribution in [0.4, 0.5) is 0 Å². The molecule has 0 saturated heterocycles. The molecule has 0 radical (unpaired) electrons. The van der Waals surface area contributed by atoms with Gasteiger partial charge in [0.1, 0.15) is 0 Å². The van der Waals surface area contributed by atoms with E-state index in [9.17, 15) is 0 Å². The van der Waals surface area contributed by atoms with Gasteiger partial charge in [0.25, 0.3) is 0 Å². The van der Waals surface area contributed by atoms with Crippen LogP contribution in [0.3, 0.4) is 0 Å². The Bertz CT molecular complexity index is 91.2. The van der Waals surface area contributed by atoms with Crippen LogP contribution in [0.2, 0.25) is 0 Å². The lowest BCUT2D eigenvalue weighted by molar-refractivity contribution is 0.516. The Kier molecular flexibility index (Phi) is 3.86. The van der Waals surface area contributed by atoms with E-state index in [-0.39, 0.29) is 24.5 Å². The number of halogens is 1. The molecule has 0 bridgehead atoms. The summed E-state index contributed by atoms with van der Waals surface area (Å²) in [5.74, 6) is 0. The highest BCUT2D eigenvalue weighted by Gasteiger charge is 2.12. The first-order valence-electron chi connectivity index (χ1n) is 2.97. The molecule has 2 atom stereocenters. The van der Waals surface area contributed by atoms with Gasteiger partial charge in [-0.15, -0.1) is 12.4 Å². The highest BCUT2D eigenvalue weighted by Crippen LogP contribution is 2.06. The minimum atomic E-state index is 0. The largest absolute Gasteiger partial charge is 0.326 e. The van der Waals surface area contributed by atoms with Crippen molar-refractivity contribution >= 4 is 12.4 Å². The summed E-state index contributed by atoms with van der Waals surface area (Å²) in [4.78, 5) is 0. The van der Waals surface area contributed by atoms with Crippen molar-refractivity contribution in [3.05, 3.63) is 12.2 Å². The molecular formula is C6H13ClN2. The van der Waals surface area contributed by atoms with Crippen LogP contribution < -0.4 is 11.5 Å². The van der Waals surface area contributed by atoms with Gasteiger partial charge in [-0.25, -0.2) is 0 Å². The second-order valence-corrected chi connectivity index (χ2v) is 2.27. The second kappa shape index (κ2) is 3.88. The summed E-state index contributed by atoms with van der Waals surface area (Å²) in [6.45, 7) is 0. The van der Waals surface area contributed by atoms with Gasteiger partial charge in [0.05, 0.1) is 0 Å². The lowest BCUT2D eigenvalue weighted by Crippen LogP contribution is -2.41. The van der Waals surface area contributed by atoms with Crippen molar-refractivity contribution in [1.82, 2.24) is 0 Å². The molecule has 54 valence electrons. The highest BCUT2D eigenvalue weighted by molar-refractivity contribution is 5.85. The standard InChI is InChI=1S/C6H12N2.ClH/c7-5-3-1-2-4-6(5)8;/h1-2,5-6H,3-4,7-8H2;1H/t5-,6-;/m1./s1. The summed E-state index contributed by atoms with van der Waals surface area (Å²) < 4.78 is 0. The second-order valence-electron chi connectivity index (χ2n) is 2.27. The van der Waals surface area contributed by atoms with E-state index < -0.39 is 0 Å². The molecule has 1 rings (SSSR count). The van der Waals surface area contributed by atoms with Crippen LogP contribution in [0.1, 0.15) is 12.8 Å². The van der Waals surface area contributed by atoms with E-state index in [1.807, 2.05) is 0 Å². The minimum Gasteiger partial charge on any atom is -0.326 e. The van der Waals surface area contributed by atoms with E-state index in [0.717, 1.165) is 12.8 Å². The molecule has 1 aliphatic carbocycles. The third-order valence-corrected chi connectivity index (χ3v) is 1.53. The molecule has 0 amide bonds. The third-order valence-electron chi connectivity index (χ3n) is 1.53. The fraction of sp³-hybridized carbons (Fsp3) is 0.667. The minimum absolute atomic E-state index is 0. The molecule has 0 aromatic rings. The van der Waals surface area contributed by atoms with E-state index in [4.69, 9.17) is 11.5 Å². The molecule has 0 saturated carbocycles. The van der Waals surface area contributed by atoms with E-state index in [0.29, 0.717) is 0 Å². The van der Waals surface area contributed by atoms with Gasteiger partial charge in [-0.3, -0.25) is 0 Å². The van der Waals surface area contributed by atoms with Crippen LogP contribution in [0.5, 0.6) is 0 Å². The van der Waals surface area contributed by atoms with Crippen LogP contribution in [0.25, 0.3) is 0 Å². The quantitative estimate of drug-likeness (QED) is 0.489. The monoisotopic (exact) mass is 148 g/mol. The van der Waals surface area contributed by atoms with Crippen LogP contribution in [-0.4, -0.2) is 12.1 Å². The van der Waals surface area contributed by atoms with Gasteiger partial charge >= 0.3 is 0 Å². The molecule has 0 aromatic heterocycles. The normalized spacial score (nSPS) is 33.6. The number of nitrogens with two attached hydrogens (primary N) is 2. The van der Waals surface area contributed by atoms with Crippen molar-refractivity contribution in [1.29, 1.82) is 0 Å². The maximum absolute atomic E-state index is 5.60. The van der Waals surface area contributed by atoms with E-state index in [1.165, 1.54) is 0 Å². The maximum Gasteiger partial charge on any atom is 0.0230 e. The van der Waals surface area contributed by atoms with Crippen molar-refractivity contribution in [2.45, 2.75) is 24.9 Å². The van der Waals surface area contributed by atoms with Crippen molar-refractivity contribution in [2.75, 3.05) is 0 Å². The Morgan fingerprint density at radius 1 is 1.00 bits per heavy atom.